The molecule has 0 saturated carbocycles. The quantitative estimate of drug-likeness (QED) is 0.768. The molecule has 148 valence electrons. The summed E-state index contributed by atoms with van der Waals surface area (Å²) in [5, 5.41) is 0. The highest BCUT2D eigenvalue weighted by Crippen LogP contribution is 2.34. The van der Waals surface area contributed by atoms with Crippen LogP contribution in [0.15, 0.2) is 48.5 Å². The van der Waals surface area contributed by atoms with Gasteiger partial charge in [-0.25, -0.2) is 0 Å². The van der Waals surface area contributed by atoms with Crippen LogP contribution in [0.3, 0.4) is 0 Å². The molecule has 1 heterocycles. The summed E-state index contributed by atoms with van der Waals surface area (Å²) in [4.78, 5) is 2.34. The van der Waals surface area contributed by atoms with Gasteiger partial charge in [0.25, 0.3) is 0 Å². The third kappa shape index (κ3) is 5.31. The fourth-order valence-corrected chi connectivity index (χ4v) is 3.67. The highest BCUT2D eigenvalue weighted by atomic mass is 35.5. The minimum atomic E-state index is -2.87. The molecule has 1 saturated heterocycles. The highest BCUT2D eigenvalue weighted by molar-refractivity contribution is 5.85. The third-order valence-corrected chi connectivity index (χ3v) is 4.90. The number of benzene rings is 2. The Morgan fingerprint density at radius 1 is 1.11 bits per heavy atom. The molecule has 0 unspecified atom stereocenters. The number of methoxy groups -OCH3 is 1. The van der Waals surface area contributed by atoms with Crippen LogP contribution in [0.5, 0.6) is 11.5 Å². The van der Waals surface area contributed by atoms with Crippen LogP contribution in [-0.2, 0) is 6.54 Å². The molecule has 3 rings (SSSR count). The van der Waals surface area contributed by atoms with Gasteiger partial charge in [-0.15, -0.1) is 12.4 Å². The van der Waals surface area contributed by atoms with Crippen molar-refractivity contribution in [3.05, 3.63) is 59.7 Å². The molecule has 1 fully saturated rings. The summed E-state index contributed by atoms with van der Waals surface area (Å²) in [7, 11) is 1.45. The van der Waals surface area contributed by atoms with Crippen molar-refractivity contribution in [1.29, 1.82) is 0 Å². The van der Waals surface area contributed by atoms with Crippen molar-refractivity contribution in [2.45, 2.75) is 19.1 Å². The SMILES string of the molecule is COc1cc(CN2C[C@@H](CN)[C@H](c3ccccc3)C2)ccc1OC(F)F.Cl. The first-order valence-corrected chi connectivity index (χ1v) is 8.69. The fraction of sp³-hybridized carbons (Fsp3) is 0.400. The topological polar surface area (TPSA) is 47.7 Å². The number of likely N-dealkylation sites (tertiary alicyclic amines) is 1. The first-order chi connectivity index (χ1) is 12.6. The summed E-state index contributed by atoms with van der Waals surface area (Å²) in [5.41, 5.74) is 8.30. The van der Waals surface area contributed by atoms with E-state index in [1.54, 1.807) is 12.1 Å². The molecule has 0 amide bonds. The number of ether oxygens (including phenoxy) is 2. The second kappa shape index (κ2) is 9.88. The lowest BCUT2D eigenvalue weighted by Crippen LogP contribution is -2.23. The van der Waals surface area contributed by atoms with E-state index in [4.69, 9.17) is 10.5 Å². The van der Waals surface area contributed by atoms with Gasteiger partial charge < -0.3 is 15.2 Å². The van der Waals surface area contributed by atoms with Crippen molar-refractivity contribution >= 4 is 12.4 Å². The van der Waals surface area contributed by atoms with Crippen LogP contribution in [0.4, 0.5) is 8.78 Å². The molecule has 7 heteroatoms. The number of nitrogens with two attached hydrogens (primary N) is 1. The van der Waals surface area contributed by atoms with Crippen LogP contribution < -0.4 is 15.2 Å². The van der Waals surface area contributed by atoms with Crippen LogP contribution in [0.2, 0.25) is 0 Å². The molecule has 0 radical (unpaired) electrons. The molecule has 1 aliphatic heterocycles. The van der Waals surface area contributed by atoms with Crippen LogP contribution in [-0.4, -0.2) is 38.3 Å². The van der Waals surface area contributed by atoms with E-state index in [1.807, 2.05) is 6.07 Å². The predicted molar refractivity (Wildman–Crippen MR) is 104 cm³/mol. The lowest BCUT2D eigenvalue weighted by molar-refractivity contribution is -0.0512. The molecule has 27 heavy (non-hydrogen) atoms. The smallest absolute Gasteiger partial charge is 0.387 e. The molecule has 1 aliphatic rings. The molecular formula is C20H25ClF2N2O2. The Kier molecular flexibility index (Phi) is 7.83. The maximum atomic E-state index is 12.5. The van der Waals surface area contributed by atoms with Crippen LogP contribution in [0, 0.1) is 5.92 Å². The van der Waals surface area contributed by atoms with Crippen LogP contribution in [0.25, 0.3) is 0 Å². The minimum absolute atomic E-state index is 0. The predicted octanol–water partition coefficient (Wildman–Crippen LogP) is 3.89. The zero-order valence-corrected chi connectivity index (χ0v) is 16.0. The monoisotopic (exact) mass is 398 g/mol. The highest BCUT2D eigenvalue weighted by Gasteiger charge is 2.32. The Morgan fingerprint density at radius 3 is 2.48 bits per heavy atom. The maximum Gasteiger partial charge on any atom is 0.387 e. The molecule has 0 aromatic heterocycles. The molecule has 0 spiro atoms. The van der Waals surface area contributed by atoms with Gasteiger partial charge in [0, 0.05) is 25.6 Å². The second-order valence-corrected chi connectivity index (χ2v) is 6.57. The van der Waals surface area contributed by atoms with Crippen LogP contribution >= 0.6 is 12.4 Å². The summed E-state index contributed by atoms with van der Waals surface area (Å²) in [6, 6.07) is 15.5. The van der Waals surface area contributed by atoms with Crippen molar-refractivity contribution in [2.24, 2.45) is 11.7 Å². The summed E-state index contributed by atoms with van der Waals surface area (Å²) in [6.45, 7) is 0.313. The molecule has 0 aliphatic carbocycles. The van der Waals surface area contributed by atoms with E-state index in [9.17, 15) is 8.78 Å². The fourth-order valence-electron chi connectivity index (χ4n) is 3.67. The van der Waals surface area contributed by atoms with E-state index in [-0.39, 0.29) is 18.2 Å². The van der Waals surface area contributed by atoms with Gasteiger partial charge in [-0.2, -0.15) is 8.78 Å². The second-order valence-electron chi connectivity index (χ2n) is 6.57. The number of hydrogen-bond donors (Lipinski definition) is 1. The Bertz CT molecular complexity index is 718. The molecule has 2 N–H and O–H groups in total. The Labute approximate surface area is 164 Å². The summed E-state index contributed by atoms with van der Waals surface area (Å²) < 4.78 is 34.6. The van der Waals surface area contributed by atoms with Crippen molar-refractivity contribution < 1.29 is 18.3 Å². The minimum Gasteiger partial charge on any atom is -0.493 e. The molecule has 0 bridgehead atoms. The van der Waals surface area contributed by atoms with Crippen molar-refractivity contribution in [3.63, 3.8) is 0 Å². The van der Waals surface area contributed by atoms with E-state index < -0.39 is 6.61 Å². The Hall–Kier alpha value is -1.89. The van der Waals surface area contributed by atoms with Crippen molar-refractivity contribution in [3.8, 4) is 11.5 Å². The lowest BCUT2D eigenvalue weighted by atomic mass is 9.89. The standard InChI is InChI=1S/C20H24F2N2O2.ClH/c1-25-19-9-14(7-8-18(19)26-20(21)22)11-24-12-16(10-23)17(13-24)15-5-3-2-4-6-15;/h2-9,16-17,20H,10-13,23H2,1H3;1H/t16-,17+;/m1./s1. The van der Waals surface area contributed by atoms with E-state index >= 15 is 0 Å². The number of alkyl halides is 2. The van der Waals surface area contributed by atoms with Crippen LogP contribution in [0.1, 0.15) is 17.0 Å². The summed E-state index contributed by atoms with van der Waals surface area (Å²) in [6.07, 6.45) is 0. The molecular weight excluding hydrogens is 374 g/mol. The third-order valence-electron chi connectivity index (χ3n) is 4.90. The first-order valence-electron chi connectivity index (χ1n) is 8.69. The van der Waals surface area contributed by atoms with Gasteiger partial charge in [-0.1, -0.05) is 36.4 Å². The first kappa shape index (κ1) is 21.4. The summed E-state index contributed by atoms with van der Waals surface area (Å²) in [5.74, 6) is 1.18. The normalized spacial score (nSPS) is 19.7. The van der Waals surface area contributed by atoms with Gasteiger partial charge in [-0.3, -0.25) is 4.90 Å². The molecule has 4 nitrogen and oxygen atoms in total. The van der Waals surface area contributed by atoms with E-state index in [0.29, 0.717) is 30.7 Å². The number of halogens is 3. The number of hydrogen-bond acceptors (Lipinski definition) is 4. The lowest BCUT2D eigenvalue weighted by Gasteiger charge is -2.18. The Balaban J connectivity index is 0.00000261. The molecule has 2 aromatic rings. The zero-order valence-electron chi connectivity index (χ0n) is 15.2. The zero-order chi connectivity index (χ0) is 18.5. The van der Waals surface area contributed by atoms with Crippen molar-refractivity contribution in [1.82, 2.24) is 4.90 Å². The van der Waals surface area contributed by atoms with Gasteiger partial charge in [0.2, 0.25) is 0 Å². The largest absolute Gasteiger partial charge is 0.493 e. The van der Waals surface area contributed by atoms with Gasteiger partial charge in [-0.05, 0) is 35.7 Å². The van der Waals surface area contributed by atoms with E-state index in [0.717, 1.165) is 18.7 Å². The average molecular weight is 399 g/mol. The summed E-state index contributed by atoms with van der Waals surface area (Å²) >= 11 is 0. The van der Waals surface area contributed by atoms with Gasteiger partial charge in [0.1, 0.15) is 0 Å². The number of rotatable bonds is 7. The van der Waals surface area contributed by atoms with E-state index in [2.05, 4.69) is 33.9 Å². The van der Waals surface area contributed by atoms with Gasteiger partial charge >= 0.3 is 6.61 Å². The average Bonchev–Trinajstić information content (AvgIpc) is 3.06. The van der Waals surface area contributed by atoms with Gasteiger partial charge in [0.05, 0.1) is 7.11 Å². The Morgan fingerprint density at radius 2 is 1.85 bits per heavy atom. The maximum absolute atomic E-state index is 12.5. The molecule has 2 atom stereocenters. The number of nitrogens with zero attached hydrogens (tertiary/aromatic N) is 1. The van der Waals surface area contributed by atoms with Gasteiger partial charge in [0.15, 0.2) is 11.5 Å². The molecule has 2 aromatic carbocycles. The van der Waals surface area contributed by atoms with Crippen molar-refractivity contribution in [2.75, 3.05) is 26.7 Å². The van der Waals surface area contributed by atoms with E-state index in [1.165, 1.54) is 18.7 Å².